The first kappa shape index (κ1) is 19.1. The lowest BCUT2D eigenvalue weighted by molar-refractivity contribution is 0.00888. The minimum Gasteiger partial charge on any atom is -0.376 e. The van der Waals surface area contributed by atoms with E-state index >= 15 is 0 Å². The summed E-state index contributed by atoms with van der Waals surface area (Å²) in [5, 5.41) is 14.8. The minimum absolute atomic E-state index is 0.0278. The van der Waals surface area contributed by atoms with E-state index in [1.54, 1.807) is 4.68 Å². The number of carbonyl (C=O) groups excluding carboxylic acids is 1. The highest BCUT2D eigenvalue weighted by atomic mass is 16.5. The van der Waals surface area contributed by atoms with Gasteiger partial charge in [0.2, 0.25) is 0 Å². The predicted octanol–water partition coefficient (Wildman–Crippen LogP) is 2.08. The number of nitrogens with zero attached hydrogens (tertiary/aromatic N) is 5. The zero-order valence-corrected chi connectivity index (χ0v) is 16.1. The summed E-state index contributed by atoms with van der Waals surface area (Å²) >= 11 is 0. The molecule has 2 heterocycles. The molecule has 1 aromatic heterocycles. The quantitative estimate of drug-likeness (QED) is 0.835. The Morgan fingerprint density at radius 2 is 1.96 bits per heavy atom. The summed E-state index contributed by atoms with van der Waals surface area (Å²) in [6, 6.07) is 0.0278. The summed E-state index contributed by atoms with van der Waals surface area (Å²) in [6.07, 6.45) is 8.29. The smallest absolute Gasteiger partial charge is 0.317 e. The molecule has 1 saturated heterocycles. The molecule has 1 aliphatic heterocycles. The van der Waals surface area contributed by atoms with E-state index in [0.717, 1.165) is 31.8 Å². The molecule has 26 heavy (non-hydrogen) atoms. The minimum atomic E-state index is 0.0278. The average molecular weight is 364 g/mol. The number of hydrogen-bond acceptors (Lipinski definition) is 5. The number of urea groups is 1. The van der Waals surface area contributed by atoms with Gasteiger partial charge in [-0.2, -0.15) is 0 Å². The molecule has 1 aliphatic carbocycles. The zero-order valence-electron chi connectivity index (χ0n) is 16.1. The third kappa shape index (κ3) is 4.72. The van der Waals surface area contributed by atoms with Crippen molar-refractivity contribution in [3.63, 3.8) is 0 Å². The van der Waals surface area contributed by atoms with Crippen molar-refractivity contribution in [2.45, 2.75) is 63.9 Å². The zero-order chi connectivity index (χ0) is 18.4. The summed E-state index contributed by atoms with van der Waals surface area (Å²) in [6.45, 7) is 4.83. The van der Waals surface area contributed by atoms with Gasteiger partial charge in [-0.1, -0.05) is 19.3 Å². The number of nitrogens with one attached hydrogen (secondary N) is 1. The molecule has 2 amide bonds. The Labute approximate surface area is 155 Å². The molecule has 8 heteroatoms. The Kier molecular flexibility index (Phi) is 6.82. The van der Waals surface area contributed by atoms with E-state index in [1.165, 1.54) is 32.1 Å². The normalized spacial score (nSPS) is 20.9. The molecule has 0 bridgehead atoms. The van der Waals surface area contributed by atoms with Crippen molar-refractivity contribution in [1.29, 1.82) is 0 Å². The van der Waals surface area contributed by atoms with Crippen LogP contribution in [0.3, 0.4) is 0 Å². The highest BCUT2D eigenvalue weighted by Crippen LogP contribution is 2.28. The third-order valence-electron chi connectivity index (χ3n) is 5.81. The molecule has 1 saturated carbocycles. The molecule has 0 spiro atoms. The van der Waals surface area contributed by atoms with Crippen LogP contribution < -0.4 is 5.32 Å². The molecule has 2 fully saturated rings. The van der Waals surface area contributed by atoms with Crippen LogP contribution in [0.1, 0.15) is 63.6 Å². The number of amides is 2. The summed E-state index contributed by atoms with van der Waals surface area (Å²) in [7, 11) is 1.87. The first-order valence-corrected chi connectivity index (χ1v) is 10.1. The topological polar surface area (TPSA) is 85.2 Å². The highest BCUT2D eigenvalue weighted by Gasteiger charge is 2.28. The van der Waals surface area contributed by atoms with Crippen molar-refractivity contribution in [2.75, 3.05) is 26.2 Å². The third-order valence-corrected chi connectivity index (χ3v) is 5.81. The van der Waals surface area contributed by atoms with Crippen LogP contribution in [0.4, 0.5) is 4.79 Å². The maximum atomic E-state index is 12.6. The number of piperidine rings is 1. The number of hydrogen-bond donors (Lipinski definition) is 1. The molecular formula is C18H32N6O2. The van der Waals surface area contributed by atoms with Crippen LogP contribution in [0.25, 0.3) is 0 Å². The maximum Gasteiger partial charge on any atom is 0.317 e. The highest BCUT2D eigenvalue weighted by molar-refractivity contribution is 5.74. The number of tetrazole rings is 1. The molecule has 1 unspecified atom stereocenters. The van der Waals surface area contributed by atoms with Crippen molar-refractivity contribution in [3.8, 4) is 0 Å². The van der Waals surface area contributed by atoms with Crippen LogP contribution in [0.15, 0.2) is 0 Å². The Hall–Kier alpha value is -1.70. The molecule has 0 aromatic carbocycles. The Morgan fingerprint density at radius 3 is 2.58 bits per heavy atom. The average Bonchev–Trinajstić information content (AvgIpc) is 3.11. The molecule has 146 valence electrons. The molecule has 1 atom stereocenters. The Morgan fingerprint density at radius 1 is 1.23 bits per heavy atom. The first-order chi connectivity index (χ1) is 12.7. The van der Waals surface area contributed by atoms with Gasteiger partial charge in [-0.25, -0.2) is 9.48 Å². The van der Waals surface area contributed by atoms with E-state index in [4.69, 9.17) is 4.74 Å². The van der Waals surface area contributed by atoms with Gasteiger partial charge in [0.1, 0.15) is 0 Å². The summed E-state index contributed by atoms with van der Waals surface area (Å²) in [5.41, 5.74) is 0. The Balaban J connectivity index is 1.45. The van der Waals surface area contributed by atoms with Crippen LogP contribution in [-0.4, -0.2) is 63.5 Å². The van der Waals surface area contributed by atoms with Gasteiger partial charge in [-0.15, -0.1) is 5.10 Å². The SMILES string of the molecule is CCOC(CNC(=O)N1CCC(c2nnnn2C)CC1)C1CCCCC1. The number of aryl methyl sites for hydroxylation is 1. The van der Waals surface area contributed by atoms with Crippen LogP contribution in [-0.2, 0) is 11.8 Å². The second kappa shape index (κ2) is 9.30. The molecule has 0 radical (unpaired) electrons. The van der Waals surface area contributed by atoms with E-state index in [2.05, 4.69) is 20.8 Å². The van der Waals surface area contributed by atoms with Crippen LogP contribution in [0, 0.1) is 5.92 Å². The number of rotatable bonds is 6. The number of aromatic nitrogens is 4. The fraction of sp³-hybridized carbons (Fsp3) is 0.889. The van der Waals surface area contributed by atoms with Gasteiger partial charge in [-0.05, 0) is 49.0 Å². The second-order valence-electron chi connectivity index (χ2n) is 7.50. The van der Waals surface area contributed by atoms with Crippen molar-refractivity contribution in [2.24, 2.45) is 13.0 Å². The van der Waals surface area contributed by atoms with Gasteiger partial charge in [0, 0.05) is 39.2 Å². The lowest BCUT2D eigenvalue weighted by atomic mass is 9.85. The summed E-state index contributed by atoms with van der Waals surface area (Å²) < 4.78 is 7.67. The van der Waals surface area contributed by atoms with Gasteiger partial charge in [-0.3, -0.25) is 0 Å². The fourth-order valence-corrected chi connectivity index (χ4v) is 4.30. The molecule has 8 nitrogen and oxygen atoms in total. The summed E-state index contributed by atoms with van der Waals surface area (Å²) in [5.74, 6) is 1.83. The predicted molar refractivity (Wildman–Crippen MR) is 97.7 cm³/mol. The molecular weight excluding hydrogens is 332 g/mol. The van der Waals surface area contributed by atoms with Crippen LogP contribution in [0.5, 0.6) is 0 Å². The van der Waals surface area contributed by atoms with E-state index in [1.807, 2.05) is 18.9 Å². The van der Waals surface area contributed by atoms with Gasteiger partial charge >= 0.3 is 6.03 Å². The van der Waals surface area contributed by atoms with Gasteiger partial charge in [0.15, 0.2) is 5.82 Å². The standard InChI is InChI=1S/C18H32N6O2/c1-3-26-16(14-7-5-4-6-8-14)13-19-18(25)24-11-9-15(10-12-24)17-20-21-22-23(17)2/h14-16H,3-13H2,1-2H3,(H,19,25). The maximum absolute atomic E-state index is 12.6. The molecule has 2 aliphatic rings. The van der Waals surface area contributed by atoms with Crippen LogP contribution in [0.2, 0.25) is 0 Å². The van der Waals surface area contributed by atoms with Gasteiger partial charge in [0.05, 0.1) is 6.10 Å². The second-order valence-corrected chi connectivity index (χ2v) is 7.50. The van der Waals surface area contributed by atoms with E-state index in [0.29, 0.717) is 25.0 Å². The number of carbonyl (C=O) groups is 1. The van der Waals surface area contributed by atoms with Crippen LogP contribution >= 0.6 is 0 Å². The molecule has 1 N–H and O–H groups in total. The van der Waals surface area contributed by atoms with Crippen molar-refractivity contribution in [1.82, 2.24) is 30.4 Å². The largest absolute Gasteiger partial charge is 0.376 e. The Bertz CT molecular complexity index is 564. The van der Waals surface area contributed by atoms with Crippen molar-refractivity contribution in [3.05, 3.63) is 5.82 Å². The van der Waals surface area contributed by atoms with E-state index in [9.17, 15) is 4.79 Å². The van der Waals surface area contributed by atoms with Crippen molar-refractivity contribution >= 4 is 6.03 Å². The number of likely N-dealkylation sites (tertiary alicyclic amines) is 1. The van der Waals surface area contributed by atoms with Gasteiger partial charge < -0.3 is 15.0 Å². The molecule has 1 aromatic rings. The fourth-order valence-electron chi connectivity index (χ4n) is 4.30. The number of ether oxygens (including phenoxy) is 1. The van der Waals surface area contributed by atoms with E-state index in [-0.39, 0.29) is 12.1 Å². The summed E-state index contributed by atoms with van der Waals surface area (Å²) in [4.78, 5) is 14.5. The van der Waals surface area contributed by atoms with E-state index < -0.39 is 0 Å². The lowest BCUT2D eigenvalue weighted by Crippen LogP contribution is -2.47. The molecule has 3 rings (SSSR count). The lowest BCUT2D eigenvalue weighted by Gasteiger charge is -2.33. The van der Waals surface area contributed by atoms with Gasteiger partial charge in [0.25, 0.3) is 0 Å². The first-order valence-electron chi connectivity index (χ1n) is 10.1. The monoisotopic (exact) mass is 364 g/mol. The van der Waals surface area contributed by atoms with Crippen molar-refractivity contribution < 1.29 is 9.53 Å².